The maximum absolute atomic E-state index is 13.2. The summed E-state index contributed by atoms with van der Waals surface area (Å²) < 4.78 is 5.03. The van der Waals surface area contributed by atoms with Gasteiger partial charge in [0.05, 0.1) is 6.54 Å². The van der Waals surface area contributed by atoms with Gasteiger partial charge >= 0.3 is 6.09 Å². The Balaban J connectivity index is 1.46. The molecule has 2 heterocycles. The number of carbonyl (C=O) groups excluding carboxylic acids is 2. The van der Waals surface area contributed by atoms with Gasteiger partial charge in [-0.25, -0.2) is 4.79 Å². The summed E-state index contributed by atoms with van der Waals surface area (Å²) in [6.45, 7) is 10.3. The van der Waals surface area contributed by atoms with E-state index in [0.717, 1.165) is 36.3 Å². The normalized spacial score (nSPS) is 16.8. The van der Waals surface area contributed by atoms with Crippen LogP contribution in [-0.4, -0.2) is 56.2 Å². The fraction of sp³-hybridized carbons (Fsp3) is 0.417. The summed E-state index contributed by atoms with van der Waals surface area (Å²) in [4.78, 5) is 31.0. The van der Waals surface area contributed by atoms with Crippen LogP contribution in [-0.2, 0) is 11.2 Å². The van der Waals surface area contributed by atoms with E-state index in [0.29, 0.717) is 26.2 Å². The molecule has 0 atom stereocenters. The predicted octanol–water partition coefficient (Wildman–Crippen LogP) is 3.78. The molecule has 0 bridgehead atoms. The van der Waals surface area contributed by atoms with Crippen molar-refractivity contribution in [3.63, 3.8) is 0 Å². The summed E-state index contributed by atoms with van der Waals surface area (Å²) in [6, 6.07) is 12.2. The zero-order valence-corrected chi connectivity index (χ0v) is 18.0. The number of anilines is 2. The Morgan fingerprint density at radius 2 is 1.77 bits per heavy atom. The highest BCUT2D eigenvalue weighted by Crippen LogP contribution is 2.26. The molecule has 6 nitrogen and oxygen atoms in total. The molecule has 0 spiro atoms. The highest BCUT2D eigenvalue weighted by Gasteiger charge is 2.27. The van der Waals surface area contributed by atoms with Gasteiger partial charge in [0, 0.05) is 43.1 Å². The maximum Gasteiger partial charge on any atom is 0.414 e. The lowest BCUT2D eigenvalue weighted by Crippen LogP contribution is -2.49. The molecule has 0 aromatic heterocycles. The molecule has 0 N–H and O–H groups in total. The minimum Gasteiger partial charge on any atom is -0.447 e. The zero-order chi connectivity index (χ0) is 21.3. The molecule has 0 saturated carbocycles. The second kappa shape index (κ2) is 8.38. The van der Waals surface area contributed by atoms with Crippen molar-refractivity contribution in [1.82, 2.24) is 4.90 Å². The van der Waals surface area contributed by atoms with Crippen LogP contribution in [0.25, 0.3) is 0 Å². The Morgan fingerprint density at radius 1 is 1.00 bits per heavy atom. The van der Waals surface area contributed by atoms with E-state index in [1.807, 2.05) is 30.0 Å². The summed E-state index contributed by atoms with van der Waals surface area (Å²) in [7, 11) is 0. The molecule has 2 aromatic carbocycles. The molecule has 30 heavy (non-hydrogen) atoms. The van der Waals surface area contributed by atoms with E-state index in [9.17, 15) is 9.59 Å². The van der Waals surface area contributed by atoms with Crippen molar-refractivity contribution in [1.29, 1.82) is 0 Å². The fourth-order valence-electron chi connectivity index (χ4n) is 4.36. The zero-order valence-electron chi connectivity index (χ0n) is 18.0. The smallest absolute Gasteiger partial charge is 0.414 e. The summed E-state index contributed by atoms with van der Waals surface area (Å²) in [5, 5.41) is 0. The lowest BCUT2D eigenvalue weighted by Gasteiger charge is -2.37. The Kier molecular flexibility index (Phi) is 5.66. The Morgan fingerprint density at radius 3 is 2.40 bits per heavy atom. The van der Waals surface area contributed by atoms with Gasteiger partial charge < -0.3 is 14.5 Å². The fourth-order valence-corrected chi connectivity index (χ4v) is 4.36. The van der Waals surface area contributed by atoms with Gasteiger partial charge in [-0.15, -0.1) is 0 Å². The monoisotopic (exact) mass is 407 g/mol. The van der Waals surface area contributed by atoms with Crippen LogP contribution in [0.2, 0.25) is 0 Å². The van der Waals surface area contributed by atoms with E-state index in [1.165, 1.54) is 16.8 Å². The Hall–Kier alpha value is -3.02. The lowest BCUT2D eigenvalue weighted by molar-refractivity contribution is 0.0745. The number of rotatable bonds is 4. The van der Waals surface area contributed by atoms with Crippen LogP contribution in [0.5, 0.6) is 0 Å². The predicted molar refractivity (Wildman–Crippen MR) is 119 cm³/mol. The van der Waals surface area contributed by atoms with Crippen LogP contribution in [0, 0.1) is 13.8 Å². The van der Waals surface area contributed by atoms with Gasteiger partial charge in [-0.2, -0.15) is 0 Å². The number of benzene rings is 2. The number of hydrogen-bond acceptors (Lipinski definition) is 4. The van der Waals surface area contributed by atoms with E-state index in [4.69, 9.17) is 4.74 Å². The van der Waals surface area contributed by atoms with Crippen LogP contribution >= 0.6 is 0 Å². The van der Waals surface area contributed by atoms with E-state index in [-0.39, 0.29) is 12.0 Å². The van der Waals surface area contributed by atoms with Gasteiger partial charge in [0.15, 0.2) is 0 Å². The van der Waals surface area contributed by atoms with Crippen LogP contribution < -0.4 is 9.80 Å². The SMILES string of the molecule is CCc1cc(N2CCOC2=O)ccc1C(=O)N1CCN(c2ccc(C)cc2C)CC1. The molecule has 4 rings (SSSR count). The van der Waals surface area contributed by atoms with Gasteiger partial charge in [0.2, 0.25) is 0 Å². The molecule has 2 aromatic rings. The van der Waals surface area contributed by atoms with Crippen molar-refractivity contribution < 1.29 is 14.3 Å². The first-order chi connectivity index (χ1) is 14.5. The van der Waals surface area contributed by atoms with Crippen molar-refractivity contribution >= 4 is 23.4 Å². The third-order valence-electron chi connectivity index (χ3n) is 6.03. The Bertz CT molecular complexity index is 964. The van der Waals surface area contributed by atoms with Crippen LogP contribution in [0.1, 0.15) is 34.0 Å². The molecule has 2 saturated heterocycles. The second-order valence-electron chi connectivity index (χ2n) is 8.03. The van der Waals surface area contributed by atoms with Crippen molar-refractivity contribution in [2.75, 3.05) is 49.1 Å². The quantitative estimate of drug-likeness (QED) is 0.774. The van der Waals surface area contributed by atoms with Gasteiger partial charge in [-0.3, -0.25) is 9.69 Å². The summed E-state index contributed by atoms with van der Waals surface area (Å²) >= 11 is 0. The first kappa shape index (κ1) is 20.3. The molecule has 158 valence electrons. The standard InChI is InChI=1S/C24H29N3O3/c1-4-19-16-20(27-13-14-30-24(27)29)6-7-21(19)23(28)26-11-9-25(10-12-26)22-8-5-17(2)15-18(22)3/h5-8,15-16H,4,9-14H2,1-3H3. The van der Waals surface area contributed by atoms with Crippen LogP contribution in [0.15, 0.2) is 36.4 Å². The molecule has 2 fully saturated rings. The van der Waals surface area contributed by atoms with Gasteiger partial charge in [0.1, 0.15) is 6.61 Å². The molecule has 2 amide bonds. The average molecular weight is 408 g/mol. The maximum atomic E-state index is 13.2. The summed E-state index contributed by atoms with van der Waals surface area (Å²) in [5.41, 5.74) is 6.29. The number of nitrogens with zero attached hydrogens (tertiary/aromatic N) is 3. The lowest BCUT2D eigenvalue weighted by atomic mass is 10.0. The number of cyclic esters (lactones) is 1. The van der Waals surface area contributed by atoms with Gasteiger partial charge in [-0.1, -0.05) is 24.6 Å². The molecule has 0 unspecified atom stereocenters. The number of piperazine rings is 1. The number of amides is 2. The van der Waals surface area contributed by atoms with Crippen LogP contribution in [0.4, 0.5) is 16.2 Å². The third kappa shape index (κ3) is 3.86. The first-order valence-electron chi connectivity index (χ1n) is 10.7. The van der Waals surface area contributed by atoms with E-state index < -0.39 is 0 Å². The third-order valence-corrected chi connectivity index (χ3v) is 6.03. The number of ether oxygens (including phenoxy) is 1. The van der Waals surface area contributed by atoms with Gasteiger partial charge in [-0.05, 0) is 55.7 Å². The van der Waals surface area contributed by atoms with Crippen LogP contribution in [0.3, 0.4) is 0 Å². The topological polar surface area (TPSA) is 53.1 Å². The molecular formula is C24H29N3O3. The van der Waals surface area contributed by atoms with Crippen molar-refractivity contribution in [2.24, 2.45) is 0 Å². The summed E-state index contributed by atoms with van der Waals surface area (Å²) in [5.74, 6) is 0.0719. The number of carbonyl (C=O) groups is 2. The van der Waals surface area contributed by atoms with Gasteiger partial charge in [0.25, 0.3) is 5.91 Å². The molecule has 0 radical (unpaired) electrons. The highest BCUT2D eigenvalue weighted by molar-refractivity contribution is 5.97. The molecule has 6 heteroatoms. The highest BCUT2D eigenvalue weighted by atomic mass is 16.6. The summed E-state index contributed by atoms with van der Waals surface area (Å²) in [6.07, 6.45) is 0.416. The van der Waals surface area contributed by atoms with Crippen molar-refractivity contribution in [3.8, 4) is 0 Å². The number of hydrogen-bond donors (Lipinski definition) is 0. The van der Waals surface area contributed by atoms with E-state index >= 15 is 0 Å². The molecular weight excluding hydrogens is 378 g/mol. The molecule has 2 aliphatic heterocycles. The second-order valence-corrected chi connectivity index (χ2v) is 8.03. The molecule has 2 aliphatic rings. The minimum absolute atomic E-state index is 0.0719. The molecule has 0 aliphatic carbocycles. The Labute approximate surface area is 178 Å². The average Bonchev–Trinajstić information content (AvgIpc) is 3.19. The minimum atomic E-state index is -0.321. The number of aryl methyl sites for hydroxylation is 3. The largest absolute Gasteiger partial charge is 0.447 e. The van der Waals surface area contributed by atoms with E-state index in [2.05, 4.69) is 36.9 Å². The van der Waals surface area contributed by atoms with Crippen molar-refractivity contribution in [2.45, 2.75) is 27.2 Å². The first-order valence-corrected chi connectivity index (χ1v) is 10.7. The van der Waals surface area contributed by atoms with E-state index in [1.54, 1.807) is 4.90 Å². The van der Waals surface area contributed by atoms with Crippen molar-refractivity contribution in [3.05, 3.63) is 58.7 Å².